The second-order valence-corrected chi connectivity index (χ2v) is 10.7. The average Bonchev–Trinajstić information content (AvgIpc) is 3.32. The molecule has 4 saturated heterocycles. The summed E-state index contributed by atoms with van der Waals surface area (Å²) in [6.45, 7) is 7.00. The average molecular weight is 424 g/mol. The first-order chi connectivity index (χ1) is 13.8. The van der Waals surface area contributed by atoms with Crippen LogP contribution in [-0.4, -0.2) is 75.1 Å². The zero-order chi connectivity index (χ0) is 21.8. The van der Waals surface area contributed by atoms with Crippen molar-refractivity contribution in [2.75, 3.05) is 0 Å². The van der Waals surface area contributed by atoms with Crippen LogP contribution in [0.3, 0.4) is 0 Å². The summed E-state index contributed by atoms with van der Waals surface area (Å²) in [5, 5.41) is 34.8. The highest BCUT2D eigenvalue weighted by molar-refractivity contribution is 5.93. The van der Waals surface area contributed by atoms with Crippen molar-refractivity contribution in [3.8, 4) is 0 Å². The van der Waals surface area contributed by atoms with Gasteiger partial charge in [0.2, 0.25) is 11.9 Å². The quantitative estimate of drug-likeness (QED) is 0.314. The van der Waals surface area contributed by atoms with E-state index in [1.54, 1.807) is 0 Å². The van der Waals surface area contributed by atoms with Crippen molar-refractivity contribution in [3.63, 3.8) is 0 Å². The molecule has 6 rings (SSSR count). The Morgan fingerprint density at radius 1 is 1.03 bits per heavy atom. The van der Waals surface area contributed by atoms with Crippen LogP contribution in [0.1, 0.15) is 34.1 Å². The van der Waals surface area contributed by atoms with Crippen LogP contribution in [0, 0.1) is 28.1 Å². The van der Waals surface area contributed by atoms with E-state index in [1.165, 1.54) is 6.92 Å². The van der Waals surface area contributed by atoms with Crippen molar-refractivity contribution in [1.82, 2.24) is 0 Å². The minimum atomic E-state index is -2.24. The summed E-state index contributed by atoms with van der Waals surface area (Å²) in [5.41, 5.74) is -8.15. The van der Waals surface area contributed by atoms with Gasteiger partial charge in [0.05, 0.1) is 29.3 Å². The second kappa shape index (κ2) is 4.69. The standard InChI is InChI=1S/C20H24O10/c1-6-13(24)28-12-10(23)18-11-8(22)9(16(2,3)4)17(18)5-7(21)27-15(17)30-20(18,14(25)29-11)19(6,12)26/h6,8-12,15,22-23,26H,5H2,1-4H3/t6-,8-,9+,10+,11?,12?,15+,17?,18?,19-,20-/m1/s1. The molecule has 3 N–H and O–H groups in total. The maximum absolute atomic E-state index is 13.4. The van der Waals surface area contributed by atoms with E-state index in [-0.39, 0.29) is 6.42 Å². The third-order valence-electron chi connectivity index (χ3n) is 8.85. The third-order valence-corrected chi connectivity index (χ3v) is 8.85. The van der Waals surface area contributed by atoms with E-state index < -0.39 is 87.9 Å². The lowest BCUT2D eigenvalue weighted by Crippen LogP contribution is -2.65. The molecule has 2 aliphatic carbocycles. The maximum atomic E-state index is 13.4. The molecule has 10 heteroatoms. The molecule has 0 aromatic heterocycles. The molecule has 0 amide bonds. The van der Waals surface area contributed by atoms with E-state index in [4.69, 9.17) is 18.9 Å². The molecule has 4 heterocycles. The molecule has 6 fully saturated rings. The van der Waals surface area contributed by atoms with Gasteiger partial charge in [-0.05, 0) is 12.3 Å². The smallest absolute Gasteiger partial charge is 0.343 e. The predicted molar refractivity (Wildman–Crippen MR) is 92.0 cm³/mol. The minimum Gasteiger partial charge on any atom is -0.456 e. The summed E-state index contributed by atoms with van der Waals surface area (Å²) in [6.07, 6.45) is -7.11. The normalized spacial score (nSPS) is 60.1. The van der Waals surface area contributed by atoms with Gasteiger partial charge in [0.25, 0.3) is 0 Å². The Bertz CT molecular complexity index is 925. The first-order valence-corrected chi connectivity index (χ1v) is 10.2. The summed E-state index contributed by atoms with van der Waals surface area (Å²) in [5.74, 6) is -4.24. The van der Waals surface area contributed by atoms with Crippen LogP contribution >= 0.6 is 0 Å². The number of aliphatic hydroxyl groups is 3. The molecule has 0 aromatic rings. The van der Waals surface area contributed by atoms with E-state index in [2.05, 4.69) is 0 Å². The first kappa shape index (κ1) is 19.0. The van der Waals surface area contributed by atoms with Crippen LogP contribution in [-0.2, 0) is 33.3 Å². The van der Waals surface area contributed by atoms with E-state index in [9.17, 15) is 29.7 Å². The monoisotopic (exact) mass is 424 g/mol. The van der Waals surface area contributed by atoms with Crippen molar-refractivity contribution in [1.29, 1.82) is 0 Å². The first-order valence-electron chi connectivity index (χ1n) is 10.2. The number of carbonyl (C=O) groups excluding carboxylic acids is 3. The van der Waals surface area contributed by atoms with E-state index in [0.29, 0.717) is 0 Å². The van der Waals surface area contributed by atoms with E-state index in [0.717, 1.165) is 0 Å². The molecule has 4 aliphatic heterocycles. The Morgan fingerprint density at radius 3 is 2.33 bits per heavy atom. The number of ether oxygens (including phenoxy) is 4. The number of aliphatic hydroxyl groups excluding tert-OH is 2. The van der Waals surface area contributed by atoms with Crippen LogP contribution in [0.2, 0.25) is 0 Å². The van der Waals surface area contributed by atoms with Crippen molar-refractivity contribution in [2.45, 2.75) is 76.0 Å². The zero-order valence-electron chi connectivity index (χ0n) is 16.9. The molecule has 4 unspecified atom stereocenters. The minimum absolute atomic E-state index is 0.228. The number of esters is 3. The van der Waals surface area contributed by atoms with Gasteiger partial charge in [0, 0.05) is 5.92 Å². The highest BCUT2D eigenvalue weighted by Gasteiger charge is 3.03. The summed E-state index contributed by atoms with van der Waals surface area (Å²) in [6, 6.07) is 0. The van der Waals surface area contributed by atoms with Crippen LogP contribution in [0.5, 0.6) is 0 Å². The lowest BCUT2D eigenvalue weighted by atomic mass is 9.52. The van der Waals surface area contributed by atoms with E-state index >= 15 is 0 Å². The predicted octanol–water partition coefficient (Wildman–Crippen LogP) is -1.37. The van der Waals surface area contributed by atoms with Gasteiger partial charge in [-0.1, -0.05) is 20.8 Å². The summed E-state index contributed by atoms with van der Waals surface area (Å²) >= 11 is 0. The number of rotatable bonds is 0. The van der Waals surface area contributed by atoms with Gasteiger partial charge in [-0.2, -0.15) is 0 Å². The molecular weight excluding hydrogens is 400 g/mol. The van der Waals surface area contributed by atoms with Crippen LogP contribution in [0.15, 0.2) is 0 Å². The molecule has 2 spiro atoms. The van der Waals surface area contributed by atoms with Gasteiger partial charge in [0.15, 0.2) is 11.7 Å². The molecular formula is C20H24O10. The fourth-order valence-corrected chi connectivity index (χ4v) is 8.27. The van der Waals surface area contributed by atoms with Gasteiger partial charge in [-0.3, -0.25) is 9.59 Å². The SMILES string of the molecule is C[C@@H]1C(=O)OC2[C@H](O)C34C5OC(=O)[C@]3(O[C@@H]3OC(=O)CC34[C@H](C(C)(C)C)[C@H]5O)[C@]21O. The summed E-state index contributed by atoms with van der Waals surface area (Å²) in [7, 11) is 0. The van der Waals surface area contributed by atoms with Gasteiger partial charge < -0.3 is 34.3 Å². The van der Waals surface area contributed by atoms with Gasteiger partial charge in [0.1, 0.15) is 12.2 Å². The Morgan fingerprint density at radius 2 is 1.70 bits per heavy atom. The lowest BCUT2D eigenvalue weighted by molar-refractivity contribution is -0.240. The molecule has 30 heavy (non-hydrogen) atoms. The largest absolute Gasteiger partial charge is 0.456 e. The van der Waals surface area contributed by atoms with Crippen LogP contribution in [0.4, 0.5) is 0 Å². The molecule has 164 valence electrons. The van der Waals surface area contributed by atoms with E-state index in [1.807, 2.05) is 20.8 Å². The van der Waals surface area contributed by atoms with Crippen LogP contribution < -0.4 is 0 Å². The topological polar surface area (TPSA) is 149 Å². The molecule has 0 bridgehead atoms. The van der Waals surface area contributed by atoms with Gasteiger partial charge >= 0.3 is 17.9 Å². The van der Waals surface area contributed by atoms with Gasteiger partial charge in [-0.25, -0.2) is 4.79 Å². The van der Waals surface area contributed by atoms with Crippen molar-refractivity contribution in [2.24, 2.45) is 28.1 Å². The number of hydrogen-bond donors (Lipinski definition) is 3. The Kier molecular flexibility index (Phi) is 2.97. The molecule has 10 nitrogen and oxygen atoms in total. The molecule has 2 saturated carbocycles. The zero-order valence-corrected chi connectivity index (χ0v) is 16.9. The second-order valence-electron chi connectivity index (χ2n) is 10.7. The number of carbonyl (C=O) groups is 3. The number of fused-ring (bicyclic) bond motifs is 1. The highest BCUT2D eigenvalue weighted by atomic mass is 16.7. The molecule has 6 aliphatic rings. The summed E-state index contributed by atoms with van der Waals surface area (Å²) in [4.78, 5) is 38.2. The third kappa shape index (κ3) is 1.35. The lowest BCUT2D eigenvalue weighted by Gasteiger charge is -2.46. The molecule has 0 aromatic carbocycles. The van der Waals surface area contributed by atoms with Gasteiger partial charge in [-0.15, -0.1) is 0 Å². The van der Waals surface area contributed by atoms with Crippen molar-refractivity contribution in [3.05, 3.63) is 0 Å². The Balaban J connectivity index is 1.72. The van der Waals surface area contributed by atoms with Crippen molar-refractivity contribution >= 4 is 17.9 Å². The fraction of sp³-hybridized carbons (Fsp3) is 0.850. The molecule has 0 radical (unpaired) electrons. The Labute approximate surface area is 171 Å². The van der Waals surface area contributed by atoms with Crippen LogP contribution in [0.25, 0.3) is 0 Å². The molecule has 11 atom stereocenters. The summed E-state index contributed by atoms with van der Waals surface area (Å²) < 4.78 is 22.5. The highest BCUT2D eigenvalue weighted by Crippen LogP contribution is 2.84. The fourth-order valence-electron chi connectivity index (χ4n) is 8.27. The maximum Gasteiger partial charge on any atom is 0.343 e. The Hall–Kier alpha value is -1.75. The van der Waals surface area contributed by atoms with Crippen molar-refractivity contribution < 1.29 is 48.7 Å². The number of hydrogen-bond acceptors (Lipinski definition) is 10.